The predicted octanol–water partition coefficient (Wildman–Crippen LogP) is 4.03. The summed E-state index contributed by atoms with van der Waals surface area (Å²) in [6.45, 7) is 6.42. The first kappa shape index (κ1) is 18.3. The van der Waals surface area contributed by atoms with E-state index in [-0.39, 0.29) is 16.9 Å². The Morgan fingerprint density at radius 1 is 0.615 bits per heavy atom. The van der Waals surface area contributed by atoms with Crippen LogP contribution in [-0.4, -0.2) is 10.2 Å². The molecule has 134 valence electrons. The zero-order valence-electron chi connectivity index (χ0n) is 15.2. The van der Waals surface area contributed by atoms with E-state index in [9.17, 15) is 14.8 Å². The van der Waals surface area contributed by atoms with Crippen LogP contribution in [0.25, 0.3) is 0 Å². The maximum Gasteiger partial charge on any atom is 0.171 e. The van der Waals surface area contributed by atoms with Crippen molar-refractivity contribution in [2.24, 2.45) is 0 Å². The molecule has 4 heteroatoms. The largest absolute Gasteiger partial charge is 0.508 e. The van der Waals surface area contributed by atoms with Crippen molar-refractivity contribution >= 4 is 23.1 Å². The maximum atomic E-state index is 14.2. The molecule has 0 aliphatic carbocycles. The lowest BCUT2D eigenvalue weighted by molar-refractivity contribution is 0.475. The summed E-state index contributed by atoms with van der Waals surface area (Å²) in [5.74, 6) is 0.267. The van der Waals surface area contributed by atoms with Gasteiger partial charge in [0.15, 0.2) is 7.14 Å². The van der Waals surface area contributed by atoms with Crippen LogP contribution in [0, 0.1) is 0 Å². The summed E-state index contributed by atoms with van der Waals surface area (Å²) in [7, 11) is -3.11. The quantitative estimate of drug-likeness (QED) is 0.688. The van der Waals surface area contributed by atoms with E-state index in [1.54, 1.807) is 48.5 Å². The normalized spacial score (nSPS) is 12.1. The van der Waals surface area contributed by atoms with Gasteiger partial charge in [0, 0.05) is 15.9 Å². The van der Waals surface area contributed by atoms with Crippen molar-refractivity contribution < 1.29 is 14.8 Å². The lowest BCUT2D eigenvalue weighted by Gasteiger charge is -2.23. The van der Waals surface area contributed by atoms with Gasteiger partial charge >= 0.3 is 0 Å². The van der Waals surface area contributed by atoms with Gasteiger partial charge in [-0.25, -0.2) is 0 Å². The van der Waals surface area contributed by atoms with Gasteiger partial charge in [-0.3, -0.25) is 0 Å². The minimum atomic E-state index is -3.11. The molecule has 0 atom stereocenters. The highest BCUT2D eigenvalue weighted by molar-refractivity contribution is 7.85. The summed E-state index contributed by atoms with van der Waals surface area (Å²) in [6, 6.07) is 20.8. The van der Waals surface area contributed by atoms with Crippen molar-refractivity contribution in [3.05, 3.63) is 78.4 Å². The Kier molecular flexibility index (Phi) is 4.68. The lowest BCUT2D eigenvalue weighted by atomic mass is 9.87. The molecule has 0 fully saturated rings. The number of benzene rings is 3. The predicted molar refractivity (Wildman–Crippen MR) is 108 cm³/mol. The fourth-order valence-corrected chi connectivity index (χ4v) is 5.54. The molecule has 3 aromatic carbocycles. The maximum absolute atomic E-state index is 14.2. The minimum Gasteiger partial charge on any atom is -0.508 e. The number of phenolic OH excluding ortho intramolecular Hbond substituents is 2. The van der Waals surface area contributed by atoms with Gasteiger partial charge in [0.2, 0.25) is 0 Å². The van der Waals surface area contributed by atoms with Gasteiger partial charge in [0.05, 0.1) is 0 Å². The SMILES string of the molecule is CC(C)(C)c1ccc(P(=O)(c2ccc(O)cc2)c2ccc(O)cc2)cc1. The van der Waals surface area contributed by atoms with Crippen LogP contribution in [0.15, 0.2) is 72.8 Å². The summed E-state index contributed by atoms with van der Waals surface area (Å²) in [6.07, 6.45) is 0. The topological polar surface area (TPSA) is 57.5 Å². The van der Waals surface area contributed by atoms with Crippen molar-refractivity contribution in [1.29, 1.82) is 0 Å². The molecule has 0 bridgehead atoms. The Morgan fingerprint density at radius 3 is 1.23 bits per heavy atom. The zero-order valence-corrected chi connectivity index (χ0v) is 16.1. The molecule has 0 radical (unpaired) electrons. The van der Waals surface area contributed by atoms with Crippen LogP contribution >= 0.6 is 7.14 Å². The molecule has 0 spiro atoms. The molecule has 3 nitrogen and oxygen atoms in total. The van der Waals surface area contributed by atoms with Crippen LogP contribution in [0.3, 0.4) is 0 Å². The zero-order chi connectivity index (χ0) is 18.9. The van der Waals surface area contributed by atoms with Gasteiger partial charge in [-0.05, 0) is 59.5 Å². The molecule has 0 amide bonds. The second kappa shape index (κ2) is 6.66. The molecule has 26 heavy (non-hydrogen) atoms. The van der Waals surface area contributed by atoms with Gasteiger partial charge in [-0.1, -0.05) is 45.0 Å². The average Bonchev–Trinajstić information content (AvgIpc) is 2.61. The Balaban J connectivity index is 2.19. The standard InChI is InChI=1S/C22H23O3P/c1-22(2,3)16-4-10-19(11-5-16)26(25,20-12-6-17(23)7-13-20)21-14-8-18(24)9-15-21/h4-15,23-24H,1-3H3. The summed E-state index contributed by atoms with van der Waals surface area (Å²) in [5.41, 5.74) is 1.18. The molecule has 0 aliphatic heterocycles. The van der Waals surface area contributed by atoms with E-state index in [2.05, 4.69) is 20.8 Å². The molecule has 3 aromatic rings. The Hall–Kier alpha value is -2.51. The second-order valence-electron chi connectivity index (χ2n) is 7.44. The number of phenols is 2. The fraction of sp³-hybridized carbons (Fsp3) is 0.182. The monoisotopic (exact) mass is 366 g/mol. The molecular formula is C22H23O3P. The first-order valence-electron chi connectivity index (χ1n) is 8.51. The van der Waals surface area contributed by atoms with Gasteiger partial charge in [-0.15, -0.1) is 0 Å². The van der Waals surface area contributed by atoms with E-state index >= 15 is 0 Å². The molecular weight excluding hydrogens is 343 g/mol. The number of hydrogen-bond donors (Lipinski definition) is 2. The molecule has 2 N–H and O–H groups in total. The fourth-order valence-electron chi connectivity index (χ4n) is 2.94. The van der Waals surface area contributed by atoms with Gasteiger partial charge in [-0.2, -0.15) is 0 Å². The first-order chi connectivity index (χ1) is 12.2. The van der Waals surface area contributed by atoms with E-state index in [1.165, 1.54) is 5.56 Å². The van der Waals surface area contributed by atoms with Crippen LogP contribution in [0.2, 0.25) is 0 Å². The number of rotatable bonds is 3. The van der Waals surface area contributed by atoms with Crippen LogP contribution in [-0.2, 0) is 9.98 Å². The molecule has 0 heterocycles. The summed E-state index contributed by atoms with van der Waals surface area (Å²) < 4.78 is 14.2. The summed E-state index contributed by atoms with van der Waals surface area (Å²) in [5, 5.41) is 21.2. The van der Waals surface area contributed by atoms with Crippen LogP contribution in [0.1, 0.15) is 26.3 Å². The summed E-state index contributed by atoms with van der Waals surface area (Å²) >= 11 is 0. The second-order valence-corrected chi connectivity index (χ2v) is 10.2. The first-order valence-corrected chi connectivity index (χ1v) is 10.2. The van der Waals surface area contributed by atoms with Crippen molar-refractivity contribution in [3.63, 3.8) is 0 Å². The highest BCUT2D eigenvalue weighted by atomic mass is 31.2. The third-order valence-corrected chi connectivity index (χ3v) is 7.60. The van der Waals surface area contributed by atoms with Gasteiger partial charge in [0.25, 0.3) is 0 Å². The van der Waals surface area contributed by atoms with Crippen LogP contribution < -0.4 is 15.9 Å². The van der Waals surface area contributed by atoms with E-state index in [4.69, 9.17) is 0 Å². The van der Waals surface area contributed by atoms with Crippen molar-refractivity contribution in [2.45, 2.75) is 26.2 Å². The molecule has 0 aliphatic rings. The average molecular weight is 366 g/mol. The summed E-state index contributed by atoms with van der Waals surface area (Å²) in [4.78, 5) is 0. The van der Waals surface area contributed by atoms with Crippen molar-refractivity contribution in [1.82, 2.24) is 0 Å². The number of hydrogen-bond acceptors (Lipinski definition) is 3. The third-order valence-electron chi connectivity index (χ3n) is 4.52. The highest BCUT2D eigenvalue weighted by Crippen LogP contribution is 2.43. The lowest BCUT2D eigenvalue weighted by Crippen LogP contribution is -2.25. The van der Waals surface area contributed by atoms with E-state index in [0.717, 1.165) is 5.30 Å². The Labute approximate surface area is 154 Å². The van der Waals surface area contributed by atoms with Crippen LogP contribution in [0.4, 0.5) is 0 Å². The van der Waals surface area contributed by atoms with E-state index < -0.39 is 7.14 Å². The Morgan fingerprint density at radius 2 is 0.923 bits per heavy atom. The van der Waals surface area contributed by atoms with Crippen LogP contribution in [0.5, 0.6) is 11.5 Å². The minimum absolute atomic E-state index is 0.0135. The smallest absolute Gasteiger partial charge is 0.171 e. The third kappa shape index (κ3) is 3.40. The molecule has 3 rings (SSSR count). The van der Waals surface area contributed by atoms with E-state index in [1.807, 2.05) is 24.3 Å². The molecule has 0 aromatic heterocycles. The van der Waals surface area contributed by atoms with Crippen molar-refractivity contribution in [3.8, 4) is 11.5 Å². The Bertz CT molecular complexity index is 885. The number of aromatic hydroxyl groups is 2. The molecule has 0 saturated carbocycles. The van der Waals surface area contributed by atoms with Crippen molar-refractivity contribution in [2.75, 3.05) is 0 Å². The molecule has 0 saturated heterocycles. The highest BCUT2D eigenvalue weighted by Gasteiger charge is 2.30. The van der Waals surface area contributed by atoms with Gasteiger partial charge < -0.3 is 14.8 Å². The molecule has 0 unspecified atom stereocenters. The van der Waals surface area contributed by atoms with E-state index in [0.29, 0.717) is 10.6 Å². The van der Waals surface area contributed by atoms with Gasteiger partial charge in [0.1, 0.15) is 11.5 Å².